The fraction of sp³-hybridized carbons (Fsp3) is 0.625. The number of piperazine rings is 1. The highest BCUT2D eigenvalue weighted by molar-refractivity contribution is 9.10. The lowest BCUT2D eigenvalue weighted by Crippen LogP contribution is -2.49. The third-order valence-electron chi connectivity index (χ3n) is 4.67. The number of nitrogens with zero attached hydrogens (tertiary/aromatic N) is 2. The molecule has 3 rings (SSSR count). The van der Waals surface area contributed by atoms with Gasteiger partial charge in [0.2, 0.25) is 0 Å². The van der Waals surface area contributed by atoms with Crippen molar-refractivity contribution in [3.8, 4) is 0 Å². The van der Waals surface area contributed by atoms with Gasteiger partial charge < -0.3 is 0 Å². The molecule has 0 radical (unpaired) electrons. The molecule has 1 aliphatic carbocycles. The summed E-state index contributed by atoms with van der Waals surface area (Å²) in [6, 6.07) is 6.14. The van der Waals surface area contributed by atoms with E-state index in [9.17, 15) is 4.39 Å². The summed E-state index contributed by atoms with van der Waals surface area (Å²) < 4.78 is 14.1. The SMILES string of the molecule is Fc1cccc(CN2CCN(C3CCCC3)CC2)c1Br. The molecule has 4 heteroatoms. The van der Waals surface area contributed by atoms with E-state index in [1.807, 2.05) is 6.07 Å². The molecule has 1 aromatic rings. The Morgan fingerprint density at radius 3 is 2.50 bits per heavy atom. The van der Waals surface area contributed by atoms with E-state index in [1.54, 1.807) is 6.07 Å². The quantitative estimate of drug-likeness (QED) is 0.828. The summed E-state index contributed by atoms with van der Waals surface area (Å²) in [5, 5.41) is 0. The normalized spacial score (nSPS) is 22.5. The van der Waals surface area contributed by atoms with Gasteiger partial charge in [0.05, 0.1) is 4.47 Å². The molecule has 1 saturated carbocycles. The molecule has 1 saturated heterocycles. The van der Waals surface area contributed by atoms with Crippen LogP contribution in [0.1, 0.15) is 31.2 Å². The lowest BCUT2D eigenvalue weighted by molar-refractivity contribution is 0.0935. The second-order valence-electron chi connectivity index (χ2n) is 5.96. The van der Waals surface area contributed by atoms with Gasteiger partial charge in [-0.05, 0) is 40.4 Å². The minimum atomic E-state index is -0.160. The summed E-state index contributed by atoms with van der Waals surface area (Å²) in [7, 11) is 0. The molecule has 0 bridgehead atoms. The van der Waals surface area contributed by atoms with Crippen LogP contribution in [0, 0.1) is 5.82 Å². The lowest BCUT2D eigenvalue weighted by atomic mass is 10.1. The molecule has 0 unspecified atom stereocenters. The van der Waals surface area contributed by atoms with Crippen LogP contribution >= 0.6 is 15.9 Å². The average Bonchev–Trinajstić information content (AvgIpc) is 2.99. The van der Waals surface area contributed by atoms with Gasteiger partial charge in [-0.2, -0.15) is 0 Å². The van der Waals surface area contributed by atoms with Crippen molar-refractivity contribution in [2.24, 2.45) is 0 Å². The summed E-state index contributed by atoms with van der Waals surface area (Å²) in [4.78, 5) is 5.09. The van der Waals surface area contributed by atoms with Gasteiger partial charge in [-0.15, -0.1) is 0 Å². The fourth-order valence-electron chi connectivity index (χ4n) is 3.47. The van der Waals surface area contributed by atoms with Crippen molar-refractivity contribution in [1.82, 2.24) is 9.80 Å². The van der Waals surface area contributed by atoms with Crippen molar-refractivity contribution in [2.45, 2.75) is 38.3 Å². The van der Waals surface area contributed by atoms with Gasteiger partial charge in [0, 0.05) is 38.8 Å². The van der Waals surface area contributed by atoms with Crippen molar-refractivity contribution in [1.29, 1.82) is 0 Å². The first-order chi connectivity index (χ1) is 9.74. The Labute approximate surface area is 129 Å². The van der Waals surface area contributed by atoms with E-state index < -0.39 is 0 Å². The highest BCUT2D eigenvalue weighted by Gasteiger charge is 2.26. The predicted molar refractivity (Wildman–Crippen MR) is 83.2 cm³/mol. The van der Waals surface area contributed by atoms with Gasteiger partial charge in [0.1, 0.15) is 5.82 Å². The maximum Gasteiger partial charge on any atom is 0.137 e. The molecule has 1 aromatic carbocycles. The topological polar surface area (TPSA) is 6.48 Å². The molecule has 2 fully saturated rings. The Bertz CT molecular complexity index is 452. The Kier molecular flexibility index (Phi) is 4.74. The fourth-order valence-corrected chi connectivity index (χ4v) is 3.86. The molecule has 0 N–H and O–H groups in total. The Balaban J connectivity index is 1.54. The van der Waals surface area contributed by atoms with Gasteiger partial charge in [-0.3, -0.25) is 9.80 Å². The number of rotatable bonds is 3. The van der Waals surface area contributed by atoms with Gasteiger partial charge in [0.15, 0.2) is 0 Å². The van der Waals surface area contributed by atoms with E-state index in [2.05, 4.69) is 25.7 Å². The molecule has 0 aromatic heterocycles. The van der Waals surface area contributed by atoms with Crippen molar-refractivity contribution < 1.29 is 4.39 Å². The number of hydrogen-bond donors (Lipinski definition) is 0. The van der Waals surface area contributed by atoms with Crippen LogP contribution in [0.15, 0.2) is 22.7 Å². The van der Waals surface area contributed by atoms with Crippen molar-refractivity contribution in [3.05, 3.63) is 34.1 Å². The molecule has 0 spiro atoms. The third kappa shape index (κ3) is 3.23. The third-order valence-corrected chi connectivity index (χ3v) is 5.56. The van der Waals surface area contributed by atoms with Crippen LogP contribution in [0.5, 0.6) is 0 Å². The number of halogens is 2. The van der Waals surface area contributed by atoms with Gasteiger partial charge in [0.25, 0.3) is 0 Å². The van der Waals surface area contributed by atoms with Crippen LogP contribution in [0.4, 0.5) is 4.39 Å². The summed E-state index contributed by atoms with van der Waals surface area (Å²) in [5.41, 5.74) is 1.05. The zero-order valence-corrected chi connectivity index (χ0v) is 13.4. The Hall–Kier alpha value is -0.450. The van der Waals surface area contributed by atoms with E-state index in [0.717, 1.165) is 44.3 Å². The molecular formula is C16H22BrFN2. The van der Waals surface area contributed by atoms with E-state index >= 15 is 0 Å². The molecule has 0 atom stereocenters. The van der Waals surface area contributed by atoms with Crippen LogP contribution in [-0.2, 0) is 6.54 Å². The van der Waals surface area contributed by atoms with Crippen LogP contribution in [0.25, 0.3) is 0 Å². The molecule has 0 amide bonds. The van der Waals surface area contributed by atoms with E-state index in [0.29, 0.717) is 4.47 Å². The average molecular weight is 341 g/mol. The maximum absolute atomic E-state index is 13.5. The monoisotopic (exact) mass is 340 g/mol. The van der Waals surface area contributed by atoms with Crippen LogP contribution in [0.3, 0.4) is 0 Å². The number of benzene rings is 1. The van der Waals surface area contributed by atoms with Crippen LogP contribution in [0.2, 0.25) is 0 Å². The first-order valence-electron chi connectivity index (χ1n) is 7.63. The zero-order chi connectivity index (χ0) is 13.9. The van der Waals surface area contributed by atoms with Crippen LogP contribution < -0.4 is 0 Å². The van der Waals surface area contributed by atoms with E-state index in [1.165, 1.54) is 31.7 Å². The zero-order valence-electron chi connectivity index (χ0n) is 11.8. The maximum atomic E-state index is 13.5. The second kappa shape index (κ2) is 6.54. The summed E-state index contributed by atoms with van der Waals surface area (Å²) in [6.45, 7) is 5.37. The summed E-state index contributed by atoms with van der Waals surface area (Å²) in [5.74, 6) is -0.160. The van der Waals surface area contributed by atoms with Crippen molar-refractivity contribution >= 4 is 15.9 Å². The smallest absolute Gasteiger partial charge is 0.137 e. The molecule has 1 heterocycles. The van der Waals surface area contributed by atoms with Gasteiger partial charge >= 0.3 is 0 Å². The van der Waals surface area contributed by atoms with Gasteiger partial charge in [-0.1, -0.05) is 25.0 Å². The Morgan fingerprint density at radius 1 is 1.10 bits per heavy atom. The minimum Gasteiger partial charge on any atom is -0.298 e. The molecule has 2 aliphatic rings. The van der Waals surface area contributed by atoms with Crippen molar-refractivity contribution in [3.63, 3.8) is 0 Å². The molecule has 2 nitrogen and oxygen atoms in total. The predicted octanol–water partition coefficient (Wildman–Crippen LogP) is 3.65. The number of hydrogen-bond acceptors (Lipinski definition) is 2. The molecule has 20 heavy (non-hydrogen) atoms. The molecular weight excluding hydrogens is 319 g/mol. The highest BCUT2D eigenvalue weighted by atomic mass is 79.9. The minimum absolute atomic E-state index is 0.160. The van der Waals surface area contributed by atoms with Gasteiger partial charge in [-0.25, -0.2) is 4.39 Å². The largest absolute Gasteiger partial charge is 0.298 e. The van der Waals surface area contributed by atoms with Crippen molar-refractivity contribution in [2.75, 3.05) is 26.2 Å². The highest BCUT2D eigenvalue weighted by Crippen LogP contribution is 2.26. The summed E-state index contributed by atoms with van der Waals surface area (Å²) in [6.07, 6.45) is 5.58. The summed E-state index contributed by atoms with van der Waals surface area (Å²) >= 11 is 3.36. The van der Waals surface area contributed by atoms with E-state index in [4.69, 9.17) is 0 Å². The van der Waals surface area contributed by atoms with Crippen LogP contribution in [-0.4, -0.2) is 42.0 Å². The second-order valence-corrected chi connectivity index (χ2v) is 6.76. The Morgan fingerprint density at radius 2 is 1.80 bits per heavy atom. The standard InChI is InChI=1S/C16H22BrFN2/c17-16-13(4-3-7-15(16)18)12-19-8-10-20(11-9-19)14-5-1-2-6-14/h3-4,7,14H,1-2,5-6,8-12H2. The molecule has 110 valence electrons. The molecule has 1 aliphatic heterocycles. The first-order valence-corrected chi connectivity index (χ1v) is 8.42. The first kappa shape index (κ1) is 14.5. The van der Waals surface area contributed by atoms with E-state index in [-0.39, 0.29) is 5.82 Å². The lowest BCUT2D eigenvalue weighted by Gasteiger charge is -2.38.